The second kappa shape index (κ2) is 6.95. The van der Waals surface area contributed by atoms with Crippen molar-refractivity contribution >= 4 is 5.97 Å². The molecule has 0 fully saturated rings. The molecule has 1 aromatic rings. The van der Waals surface area contributed by atoms with Crippen molar-refractivity contribution in [3.05, 3.63) is 30.1 Å². The van der Waals surface area contributed by atoms with Crippen molar-refractivity contribution in [2.45, 2.75) is 19.4 Å². The highest BCUT2D eigenvalue weighted by atomic mass is 16.5. The number of hydrogen-bond acceptors (Lipinski definition) is 4. The molecular weight excluding hydrogens is 194 g/mol. The molecule has 4 heteroatoms. The van der Waals surface area contributed by atoms with Gasteiger partial charge in [-0.25, -0.2) is 0 Å². The number of methoxy groups -OCH3 is 1. The molecule has 82 valence electrons. The summed E-state index contributed by atoms with van der Waals surface area (Å²) in [4.78, 5) is 15.2. The number of rotatable bonds is 6. The van der Waals surface area contributed by atoms with E-state index < -0.39 is 0 Å². The molecule has 1 rings (SSSR count). The molecule has 0 spiro atoms. The van der Waals surface area contributed by atoms with Gasteiger partial charge in [0.05, 0.1) is 5.69 Å². The number of nitrogens with zero attached hydrogens (tertiary/aromatic N) is 1. The lowest BCUT2D eigenvalue weighted by Crippen LogP contribution is -2.06. The third-order valence-electron chi connectivity index (χ3n) is 1.84. The first kappa shape index (κ1) is 11.7. The molecule has 0 atom stereocenters. The topological polar surface area (TPSA) is 48.4 Å². The maximum atomic E-state index is 11.2. The molecule has 1 heterocycles. The van der Waals surface area contributed by atoms with Gasteiger partial charge in [0.15, 0.2) is 0 Å². The van der Waals surface area contributed by atoms with E-state index in [0.717, 1.165) is 5.69 Å². The third-order valence-corrected chi connectivity index (χ3v) is 1.84. The first-order valence-electron chi connectivity index (χ1n) is 4.87. The van der Waals surface area contributed by atoms with Crippen LogP contribution in [0.2, 0.25) is 0 Å². The molecule has 0 aromatic carbocycles. The van der Waals surface area contributed by atoms with Gasteiger partial charge in [0.2, 0.25) is 0 Å². The van der Waals surface area contributed by atoms with Crippen molar-refractivity contribution in [1.82, 2.24) is 4.98 Å². The van der Waals surface area contributed by atoms with Crippen molar-refractivity contribution in [3.8, 4) is 0 Å². The monoisotopic (exact) mass is 209 g/mol. The molecular formula is C11H15NO3. The molecule has 15 heavy (non-hydrogen) atoms. The highest BCUT2D eigenvalue weighted by Gasteiger charge is 2.02. The normalized spacial score (nSPS) is 9.93. The Morgan fingerprint density at radius 3 is 3.00 bits per heavy atom. The van der Waals surface area contributed by atoms with Crippen molar-refractivity contribution in [1.29, 1.82) is 0 Å². The second-order valence-electron chi connectivity index (χ2n) is 3.08. The predicted octanol–water partition coefficient (Wildman–Crippen LogP) is 1.55. The summed E-state index contributed by atoms with van der Waals surface area (Å²) in [5.74, 6) is -0.210. The molecule has 0 saturated heterocycles. The van der Waals surface area contributed by atoms with Crippen LogP contribution in [0.5, 0.6) is 0 Å². The van der Waals surface area contributed by atoms with Gasteiger partial charge in [-0.15, -0.1) is 0 Å². The highest BCUT2D eigenvalue weighted by molar-refractivity contribution is 5.69. The second-order valence-corrected chi connectivity index (χ2v) is 3.08. The summed E-state index contributed by atoms with van der Waals surface area (Å²) in [6.45, 7) is 0.825. The van der Waals surface area contributed by atoms with E-state index in [0.29, 0.717) is 19.4 Å². The van der Waals surface area contributed by atoms with E-state index >= 15 is 0 Å². The van der Waals surface area contributed by atoms with Crippen LogP contribution in [0.15, 0.2) is 24.4 Å². The summed E-state index contributed by atoms with van der Waals surface area (Å²) in [6, 6.07) is 5.51. The molecule has 0 aliphatic rings. The zero-order chi connectivity index (χ0) is 10.9. The van der Waals surface area contributed by atoms with E-state index in [4.69, 9.17) is 9.47 Å². The molecule has 0 N–H and O–H groups in total. The number of carbonyl (C=O) groups excluding carboxylic acids is 1. The first-order valence-corrected chi connectivity index (χ1v) is 4.87. The van der Waals surface area contributed by atoms with Gasteiger partial charge in [0.25, 0.3) is 0 Å². The van der Waals surface area contributed by atoms with E-state index in [1.165, 1.54) is 0 Å². The third kappa shape index (κ3) is 5.12. The lowest BCUT2D eigenvalue weighted by atomic mass is 10.3. The van der Waals surface area contributed by atoms with Crippen LogP contribution < -0.4 is 0 Å². The minimum absolute atomic E-state index is 0.210. The number of esters is 1. The summed E-state index contributed by atoms with van der Waals surface area (Å²) in [7, 11) is 1.61. The van der Waals surface area contributed by atoms with Crippen LogP contribution in [0.25, 0.3) is 0 Å². The minimum Gasteiger partial charge on any atom is -0.459 e. The van der Waals surface area contributed by atoms with E-state index in [-0.39, 0.29) is 12.6 Å². The van der Waals surface area contributed by atoms with Gasteiger partial charge in [-0.2, -0.15) is 0 Å². The Kier molecular flexibility index (Phi) is 5.40. The average Bonchev–Trinajstić information content (AvgIpc) is 2.28. The maximum Gasteiger partial charge on any atom is 0.306 e. The lowest BCUT2D eigenvalue weighted by Gasteiger charge is -2.03. The largest absolute Gasteiger partial charge is 0.459 e. The van der Waals surface area contributed by atoms with E-state index in [9.17, 15) is 4.79 Å². The summed E-state index contributed by atoms with van der Waals surface area (Å²) >= 11 is 0. The molecule has 0 amide bonds. The molecule has 0 bridgehead atoms. The number of hydrogen-bond donors (Lipinski definition) is 0. The van der Waals surface area contributed by atoms with Gasteiger partial charge in [-0.05, 0) is 18.6 Å². The van der Waals surface area contributed by atoms with E-state index in [1.54, 1.807) is 13.3 Å². The smallest absolute Gasteiger partial charge is 0.306 e. The first-order chi connectivity index (χ1) is 7.33. The predicted molar refractivity (Wildman–Crippen MR) is 55.1 cm³/mol. The molecule has 0 saturated carbocycles. The van der Waals surface area contributed by atoms with Crippen molar-refractivity contribution in [2.24, 2.45) is 0 Å². The van der Waals surface area contributed by atoms with Crippen LogP contribution in [0.1, 0.15) is 18.5 Å². The Hall–Kier alpha value is -1.42. The van der Waals surface area contributed by atoms with Gasteiger partial charge in [0.1, 0.15) is 6.61 Å². The number of aromatic nitrogens is 1. The van der Waals surface area contributed by atoms with Crippen LogP contribution in [0.4, 0.5) is 0 Å². The molecule has 4 nitrogen and oxygen atoms in total. The van der Waals surface area contributed by atoms with Gasteiger partial charge < -0.3 is 9.47 Å². The Morgan fingerprint density at radius 1 is 1.47 bits per heavy atom. The SMILES string of the molecule is COCCCC(=O)OCc1ccccn1. The number of carbonyl (C=O) groups is 1. The van der Waals surface area contributed by atoms with Crippen molar-refractivity contribution in [3.63, 3.8) is 0 Å². The van der Waals surface area contributed by atoms with Gasteiger partial charge >= 0.3 is 5.97 Å². The Balaban J connectivity index is 2.17. The molecule has 0 unspecified atom stereocenters. The Bertz CT molecular complexity index is 287. The fourth-order valence-electron chi connectivity index (χ4n) is 1.07. The lowest BCUT2D eigenvalue weighted by molar-refractivity contribution is -0.145. The van der Waals surface area contributed by atoms with E-state index in [2.05, 4.69) is 4.98 Å². The standard InChI is InChI=1S/C11H15NO3/c1-14-8-4-6-11(13)15-9-10-5-2-3-7-12-10/h2-3,5,7H,4,6,8-9H2,1H3. The number of ether oxygens (including phenoxy) is 2. The highest BCUT2D eigenvalue weighted by Crippen LogP contribution is 1.99. The average molecular weight is 209 g/mol. The summed E-state index contributed by atoms with van der Waals surface area (Å²) in [5.41, 5.74) is 0.762. The minimum atomic E-state index is -0.210. The summed E-state index contributed by atoms with van der Waals surface area (Å²) in [6.07, 6.45) is 2.76. The number of pyridine rings is 1. The van der Waals surface area contributed by atoms with Crippen LogP contribution in [0.3, 0.4) is 0 Å². The van der Waals surface area contributed by atoms with Crippen molar-refractivity contribution in [2.75, 3.05) is 13.7 Å². The maximum absolute atomic E-state index is 11.2. The molecule has 0 radical (unpaired) electrons. The summed E-state index contributed by atoms with van der Waals surface area (Å²) in [5, 5.41) is 0. The summed E-state index contributed by atoms with van der Waals surface area (Å²) < 4.78 is 9.85. The molecule has 0 aliphatic carbocycles. The fraction of sp³-hybridized carbons (Fsp3) is 0.455. The zero-order valence-corrected chi connectivity index (χ0v) is 8.81. The van der Waals surface area contributed by atoms with Crippen LogP contribution in [-0.2, 0) is 20.9 Å². The van der Waals surface area contributed by atoms with Gasteiger partial charge in [0, 0.05) is 26.3 Å². The van der Waals surface area contributed by atoms with E-state index in [1.807, 2.05) is 18.2 Å². The van der Waals surface area contributed by atoms with Crippen LogP contribution in [-0.4, -0.2) is 24.7 Å². The molecule has 1 aromatic heterocycles. The van der Waals surface area contributed by atoms with Crippen LogP contribution in [0, 0.1) is 0 Å². The molecule has 0 aliphatic heterocycles. The Labute approximate surface area is 89.2 Å². The van der Waals surface area contributed by atoms with Gasteiger partial charge in [-0.3, -0.25) is 9.78 Å². The van der Waals surface area contributed by atoms with Crippen molar-refractivity contribution < 1.29 is 14.3 Å². The van der Waals surface area contributed by atoms with Gasteiger partial charge in [-0.1, -0.05) is 6.07 Å². The Morgan fingerprint density at radius 2 is 2.33 bits per heavy atom. The quantitative estimate of drug-likeness (QED) is 0.527. The fourth-order valence-corrected chi connectivity index (χ4v) is 1.07. The zero-order valence-electron chi connectivity index (χ0n) is 8.81. The van der Waals surface area contributed by atoms with Crippen LogP contribution >= 0.6 is 0 Å².